The number of benzene rings is 1. The number of rotatable bonds is 3. The topological polar surface area (TPSA) is 41.9 Å². The Bertz CT molecular complexity index is 530. The van der Waals surface area contributed by atoms with Gasteiger partial charge in [-0.3, -0.25) is 0 Å². The minimum Gasteiger partial charge on any atom is -0.363 e. The Labute approximate surface area is 112 Å². The molecule has 0 aliphatic rings. The van der Waals surface area contributed by atoms with Crippen molar-refractivity contribution in [2.24, 2.45) is 0 Å². The summed E-state index contributed by atoms with van der Waals surface area (Å²) in [5.41, 5.74) is 2.06. The summed E-state index contributed by atoms with van der Waals surface area (Å²) in [6, 6.07) is 8.06. The zero-order valence-electron chi connectivity index (χ0n) is 10.5. The van der Waals surface area contributed by atoms with Crippen molar-refractivity contribution in [3.05, 3.63) is 42.5 Å². The quantitative estimate of drug-likeness (QED) is 0.832. The predicted octanol–water partition coefficient (Wildman–Crippen LogP) is 2.49. The van der Waals surface area contributed by atoms with E-state index in [1.165, 1.54) is 0 Å². The van der Waals surface area contributed by atoms with E-state index in [9.17, 15) is 0 Å². The smallest absolute Gasteiger partial charge is 0.170 e. The Morgan fingerprint density at radius 2 is 2.06 bits per heavy atom. The van der Waals surface area contributed by atoms with E-state index in [2.05, 4.69) is 15.6 Å². The molecule has 0 spiro atoms. The van der Waals surface area contributed by atoms with Gasteiger partial charge in [0.15, 0.2) is 5.11 Å². The second-order valence-corrected chi connectivity index (χ2v) is 4.28. The van der Waals surface area contributed by atoms with E-state index in [1.54, 1.807) is 6.20 Å². The molecule has 0 radical (unpaired) electrons. The van der Waals surface area contributed by atoms with Crippen molar-refractivity contribution >= 4 is 23.0 Å². The van der Waals surface area contributed by atoms with Gasteiger partial charge < -0.3 is 15.2 Å². The number of hydrogen-bond acceptors (Lipinski definition) is 2. The molecule has 0 atom stereocenters. The van der Waals surface area contributed by atoms with E-state index < -0.39 is 0 Å². The van der Waals surface area contributed by atoms with Gasteiger partial charge in [-0.2, -0.15) is 0 Å². The summed E-state index contributed by atoms with van der Waals surface area (Å²) >= 11 is 5.13. The first-order chi connectivity index (χ1) is 8.70. The molecule has 0 bridgehead atoms. The van der Waals surface area contributed by atoms with Gasteiger partial charge in [0.2, 0.25) is 0 Å². The largest absolute Gasteiger partial charge is 0.363 e. The maximum absolute atomic E-state index is 5.13. The van der Waals surface area contributed by atoms with E-state index in [0.717, 1.165) is 23.7 Å². The molecular formula is C13H16N4S. The first kappa shape index (κ1) is 12.6. The third-order valence-corrected chi connectivity index (χ3v) is 2.81. The summed E-state index contributed by atoms with van der Waals surface area (Å²) in [7, 11) is 0. The lowest BCUT2D eigenvalue weighted by Crippen LogP contribution is -2.27. The van der Waals surface area contributed by atoms with Gasteiger partial charge in [0.25, 0.3) is 0 Å². The number of aromatic nitrogens is 2. The maximum atomic E-state index is 5.13. The molecule has 1 heterocycles. The molecule has 4 nitrogen and oxygen atoms in total. The summed E-state index contributed by atoms with van der Waals surface area (Å²) in [4.78, 5) is 4.20. The van der Waals surface area contributed by atoms with Crippen molar-refractivity contribution in [2.75, 3.05) is 11.9 Å². The monoisotopic (exact) mass is 260 g/mol. The molecule has 94 valence electrons. The molecule has 18 heavy (non-hydrogen) atoms. The van der Waals surface area contributed by atoms with Crippen molar-refractivity contribution < 1.29 is 0 Å². The van der Waals surface area contributed by atoms with E-state index in [-0.39, 0.29) is 0 Å². The van der Waals surface area contributed by atoms with Crippen LogP contribution >= 0.6 is 12.2 Å². The first-order valence-corrected chi connectivity index (χ1v) is 6.26. The van der Waals surface area contributed by atoms with Crippen molar-refractivity contribution in [3.63, 3.8) is 0 Å². The van der Waals surface area contributed by atoms with Crippen LogP contribution in [0, 0.1) is 6.92 Å². The van der Waals surface area contributed by atoms with Gasteiger partial charge in [-0.25, -0.2) is 4.98 Å². The predicted molar refractivity (Wildman–Crippen MR) is 78.2 cm³/mol. The molecule has 1 aromatic heterocycles. The number of aryl methyl sites for hydroxylation is 1. The summed E-state index contributed by atoms with van der Waals surface area (Å²) in [6.07, 6.45) is 3.74. The first-order valence-electron chi connectivity index (χ1n) is 5.86. The third-order valence-electron chi connectivity index (χ3n) is 2.57. The number of anilines is 1. The lowest BCUT2D eigenvalue weighted by atomic mass is 10.3. The van der Waals surface area contributed by atoms with Crippen molar-refractivity contribution in [2.45, 2.75) is 13.8 Å². The normalized spacial score (nSPS) is 10.1. The van der Waals surface area contributed by atoms with Gasteiger partial charge in [0.05, 0.1) is 0 Å². The highest BCUT2D eigenvalue weighted by molar-refractivity contribution is 7.80. The van der Waals surface area contributed by atoms with Gasteiger partial charge >= 0.3 is 0 Å². The molecule has 5 heteroatoms. The van der Waals surface area contributed by atoms with Crippen molar-refractivity contribution in [1.82, 2.24) is 14.9 Å². The Hall–Kier alpha value is -1.88. The highest BCUT2D eigenvalue weighted by Gasteiger charge is 2.01. The minimum absolute atomic E-state index is 0.643. The average Bonchev–Trinajstić information content (AvgIpc) is 2.77. The van der Waals surface area contributed by atoms with Crippen LogP contribution in [0.5, 0.6) is 0 Å². The van der Waals surface area contributed by atoms with Crippen LogP contribution in [0.2, 0.25) is 0 Å². The Morgan fingerprint density at radius 1 is 1.33 bits per heavy atom. The highest BCUT2D eigenvalue weighted by atomic mass is 32.1. The summed E-state index contributed by atoms with van der Waals surface area (Å²) in [5, 5.41) is 6.82. The molecule has 0 fully saturated rings. The number of hydrogen-bond donors (Lipinski definition) is 2. The molecule has 2 N–H and O–H groups in total. The molecule has 0 amide bonds. The summed E-state index contributed by atoms with van der Waals surface area (Å²) < 4.78 is 2.03. The lowest BCUT2D eigenvalue weighted by Gasteiger charge is -2.10. The zero-order valence-corrected chi connectivity index (χ0v) is 11.3. The fourth-order valence-electron chi connectivity index (χ4n) is 1.69. The molecule has 2 aromatic rings. The van der Waals surface area contributed by atoms with E-state index in [4.69, 9.17) is 12.2 Å². The fourth-order valence-corrected chi connectivity index (χ4v) is 1.95. The van der Waals surface area contributed by atoms with Crippen LogP contribution in [0.3, 0.4) is 0 Å². The third kappa shape index (κ3) is 2.87. The number of thiocarbonyl (C=S) groups is 1. The molecule has 0 saturated carbocycles. The lowest BCUT2D eigenvalue weighted by molar-refractivity contribution is 0.973. The Balaban J connectivity index is 2.11. The molecule has 0 aliphatic heterocycles. The van der Waals surface area contributed by atoms with E-state index >= 15 is 0 Å². The molecule has 1 aromatic carbocycles. The number of nitrogens with one attached hydrogen (secondary N) is 2. The molecule has 2 rings (SSSR count). The Morgan fingerprint density at radius 3 is 2.61 bits per heavy atom. The second kappa shape index (κ2) is 5.64. The van der Waals surface area contributed by atoms with Crippen LogP contribution in [-0.2, 0) is 0 Å². The SMILES string of the molecule is CCNC(=S)Nc1ccc(-n2ccnc2C)cc1. The number of nitrogens with zero attached hydrogens (tertiary/aromatic N) is 2. The highest BCUT2D eigenvalue weighted by Crippen LogP contribution is 2.14. The van der Waals surface area contributed by atoms with Crippen LogP contribution in [0.4, 0.5) is 5.69 Å². The number of imidazole rings is 1. The van der Waals surface area contributed by atoms with Crippen molar-refractivity contribution in [1.29, 1.82) is 0 Å². The molecule has 0 aliphatic carbocycles. The molecule has 0 unspecified atom stereocenters. The van der Waals surface area contributed by atoms with Crippen LogP contribution < -0.4 is 10.6 Å². The van der Waals surface area contributed by atoms with Gasteiger partial charge in [0, 0.05) is 30.3 Å². The van der Waals surface area contributed by atoms with Gasteiger partial charge in [0.1, 0.15) is 5.82 Å². The van der Waals surface area contributed by atoms with Crippen LogP contribution in [0.15, 0.2) is 36.7 Å². The average molecular weight is 260 g/mol. The van der Waals surface area contributed by atoms with Gasteiger partial charge in [-0.05, 0) is 50.3 Å². The Kier molecular flexibility index (Phi) is 3.94. The van der Waals surface area contributed by atoms with Crippen molar-refractivity contribution in [3.8, 4) is 5.69 Å². The molecule has 0 saturated heterocycles. The van der Waals surface area contributed by atoms with Crippen LogP contribution in [0.1, 0.15) is 12.7 Å². The van der Waals surface area contributed by atoms with Crippen LogP contribution in [-0.4, -0.2) is 21.2 Å². The summed E-state index contributed by atoms with van der Waals surface area (Å²) in [5.74, 6) is 0.971. The zero-order chi connectivity index (χ0) is 13.0. The minimum atomic E-state index is 0.643. The maximum Gasteiger partial charge on any atom is 0.170 e. The van der Waals surface area contributed by atoms with E-state index in [0.29, 0.717) is 5.11 Å². The molecular weight excluding hydrogens is 244 g/mol. The van der Waals surface area contributed by atoms with Gasteiger partial charge in [-0.1, -0.05) is 0 Å². The summed E-state index contributed by atoms with van der Waals surface area (Å²) in [6.45, 7) is 4.81. The second-order valence-electron chi connectivity index (χ2n) is 3.88. The van der Waals surface area contributed by atoms with Crippen LogP contribution in [0.25, 0.3) is 5.69 Å². The van der Waals surface area contributed by atoms with Gasteiger partial charge in [-0.15, -0.1) is 0 Å². The standard InChI is InChI=1S/C13H16N4S/c1-3-14-13(18)16-11-4-6-12(7-5-11)17-9-8-15-10(17)2/h4-9H,3H2,1-2H3,(H2,14,16,18). The fraction of sp³-hybridized carbons (Fsp3) is 0.231. The van der Waals surface area contributed by atoms with E-state index in [1.807, 2.05) is 48.9 Å².